The lowest BCUT2D eigenvalue weighted by Gasteiger charge is -2.41. The van der Waals surface area contributed by atoms with Gasteiger partial charge in [-0.05, 0) is 81.4 Å². The monoisotopic (exact) mass is 470 g/mol. The summed E-state index contributed by atoms with van der Waals surface area (Å²) in [5, 5.41) is 0.591. The Balaban J connectivity index is 1.32. The van der Waals surface area contributed by atoms with Gasteiger partial charge < -0.3 is 9.47 Å². The minimum absolute atomic E-state index is 0.0838. The number of halogens is 1. The van der Waals surface area contributed by atoms with Crippen LogP contribution in [0.2, 0.25) is 5.02 Å². The summed E-state index contributed by atoms with van der Waals surface area (Å²) in [7, 11) is 0. The van der Waals surface area contributed by atoms with Gasteiger partial charge in [-0.25, -0.2) is 0 Å². The van der Waals surface area contributed by atoms with E-state index in [1.54, 1.807) is 48.5 Å². The molecule has 0 aliphatic carbocycles. The Labute approximate surface area is 200 Å². The van der Waals surface area contributed by atoms with Crippen LogP contribution in [-0.4, -0.2) is 79.4 Å². The maximum absolute atomic E-state index is 12.7. The van der Waals surface area contributed by atoms with Crippen molar-refractivity contribution in [2.75, 3.05) is 45.9 Å². The molecule has 0 bridgehead atoms. The third kappa shape index (κ3) is 6.21. The van der Waals surface area contributed by atoms with Gasteiger partial charge in [-0.1, -0.05) is 11.6 Å². The summed E-state index contributed by atoms with van der Waals surface area (Å²) in [6.07, 6.45) is 3.07. The van der Waals surface area contributed by atoms with Crippen LogP contribution in [0.5, 0.6) is 5.75 Å². The van der Waals surface area contributed by atoms with E-state index < -0.39 is 5.60 Å². The van der Waals surface area contributed by atoms with Crippen molar-refractivity contribution in [3.63, 3.8) is 0 Å². The van der Waals surface area contributed by atoms with Gasteiger partial charge in [0, 0.05) is 41.8 Å². The Hall–Kier alpha value is -2.25. The fourth-order valence-electron chi connectivity index (χ4n) is 4.63. The van der Waals surface area contributed by atoms with Crippen LogP contribution in [0.1, 0.15) is 35.7 Å². The fourth-order valence-corrected chi connectivity index (χ4v) is 4.76. The molecule has 2 aliphatic rings. The molecule has 176 valence electrons. The number of nitrogens with zero attached hydrogens (tertiary/aromatic N) is 2. The molecule has 2 saturated heterocycles. The molecule has 7 heteroatoms. The SMILES string of the molecule is C[C@@](C=O)(CN1CCC(N2CCOCC2)CC1)Oc1ccc(C(=O)c2ccc(Cl)cc2)cc1. The second kappa shape index (κ2) is 10.8. The Morgan fingerprint density at radius 1 is 1.03 bits per heavy atom. The van der Waals surface area contributed by atoms with Gasteiger partial charge in [0.1, 0.15) is 5.75 Å². The van der Waals surface area contributed by atoms with E-state index >= 15 is 0 Å². The van der Waals surface area contributed by atoms with Crippen LogP contribution in [0.15, 0.2) is 48.5 Å². The predicted molar refractivity (Wildman–Crippen MR) is 128 cm³/mol. The molecule has 0 N–H and O–H groups in total. The highest BCUT2D eigenvalue weighted by atomic mass is 35.5. The van der Waals surface area contributed by atoms with Gasteiger partial charge in [-0.2, -0.15) is 0 Å². The molecule has 6 nitrogen and oxygen atoms in total. The number of carbonyl (C=O) groups is 2. The summed E-state index contributed by atoms with van der Waals surface area (Å²) in [6, 6.07) is 14.4. The number of ketones is 1. The zero-order valence-corrected chi connectivity index (χ0v) is 19.8. The first-order valence-corrected chi connectivity index (χ1v) is 11.9. The first-order chi connectivity index (χ1) is 16.0. The molecule has 1 atom stereocenters. The maximum Gasteiger partial charge on any atom is 0.193 e. The molecule has 2 aromatic carbocycles. The highest BCUT2D eigenvalue weighted by molar-refractivity contribution is 6.30. The summed E-state index contributed by atoms with van der Waals surface area (Å²) < 4.78 is 11.6. The van der Waals surface area contributed by atoms with Crippen LogP contribution < -0.4 is 4.74 Å². The summed E-state index contributed by atoms with van der Waals surface area (Å²) in [5.74, 6) is 0.486. The van der Waals surface area contributed by atoms with Crippen molar-refractivity contribution in [3.05, 3.63) is 64.7 Å². The van der Waals surface area contributed by atoms with E-state index in [2.05, 4.69) is 9.80 Å². The van der Waals surface area contributed by atoms with Crippen molar-refractivity contribution in [3.8, 4) is 5.75 Å². The first kappa shape index (κ1) is 23.9. The number of ether oxygens (including phenoxy) is 2. The number of aldehydes is 1. The van der Waals surface area contributed by atoms with Crippen LogP contribution in [0.25, 0.3) is 0 Å². The number of hydrogen-bond acceptors (Lipinski definition) is 6. The molecule has 0 radical (unpaired) electrons. The lowest BCUT2D eigenvalue weighted by atomic mass is 10.00. The van der Waals surface area contributed by atoms with Crippen molar-refractivity contribution >= 4 is 23.7 Å². The molecule has 0 aromatic heterocycles. The van der Waals surface area contributed by atoms with Crippen molar-refractivity contribution in [2.45, 2.75) is 31.4 Å². The maximum atomic E-state index is 12.7. The number of morpholine rings is 1. The van der Waals surface area contributed by atoms with E-state index in [4.69, 9.17) is 21.1 Å². The van der Waals surface area contributed by atoms with E-state index in [0.717, 1.165) is 58.5 Å². The van der Waals surface area contributed by atoms with Gasteiger partial charge in [0.2, 0.25) is 0 Å². The molecule has 0 unspecified atom stereocenters. The molecular weight excluding hydrogens is 440 g/mol. The van der Waals surface area contributed by atoms with Crippen molar-refractivity contribution in [1.82, 2.24) is 9.80 Å². The van der Waals surface area contributed by atoms with Crippen LogP contribution >= 0.6 is 11.6 Å². The summed E-state index contributed by atoms with van der Waals surface area (Å²) in [6.45, 7) is 7.92. The van der Waals surface area contributed by atoms with Crippen LogP contribution in [0.4, 0.5) is 0 Å². The Morgan fingerprint density at radius 3 is 2.18 bits per heavy atom. The van der Waals surface area contributed by atoms with Crippen LogP contribution in [0, 0.1) is 0 Å². The zero-order valence-electron chi connectivity index (χ0n) is 19.0. The predicted octanol–water partition coefficient (Wildman–Crippen LogP) is 3.70. The van der Waals surface area contributed by atoms with E-state index in [0.29, 0.717) is 34.5 Å². The number of likely N-dealkylation sites (tertiary alicyclic amines) is 1. The van der Waals surface area contributed by atoms with E-state index in [9.17, 15) is 9.59 Å². The molecule has 2 fully saturated rings. The standard InChI is InChI=1S/C26H31ClN2O4/c1-26(19-30,18-28-12-10-23(11-13-28)29-14-16-32-17-15-29)33-24-8-4-21(5-9-24)25(31)20-2-6-22(27)7-3-20/h2-9,19,23H,10-18H2,1H3/t26-/m0/s1. The van der Waals surface area contributed by atoms with Crippen molar-refractivity contribution in [2.24, 2.45) is 0 Å². The summed E-state index contributed by atoms with van der Waals surface area (Å²) >= 11 is 5.90. The zero-order chi connectivity index (χ0) is 23.3. The number of hydrogen-bond donors (Lipinski definition) is 0. The molecule has 0 spiro atoms. The lowest BCUT2D eigenvalue weighted by molar-refractivity contribution is -0.122. The van der Waals surface area contributed by atoms with E-state index in [-0.39, 0.29) is 5.78 Å². The fraction of sp³-hybridized carbons (Fsp3) is 0.462. The second-order valence-corrected chi connectivity index (χ2v) is 9.49. The number of rotatable bonds is 8. The quantitative estimate of drug-likeness (QED) is 0.433. The van der Waals surface area contributed by atoms with Gasteiger partial charge in [0.15, 0.2) is 17.7 Å². The van der Waals surface area contributed by atoms with E-state index in [1.165, 1.54) is 0 Å². The Morgan fingerprint density at radius 2 is 1.61 bits per heavy atom. The average molecular weight is 471 g/mol. The topological polar surface area (TPSA) is 59.1 Å². The summed E-state index contributed by atoms with van der Waals surface area (Å²) in [4.78, 5) is 29.5. The smallest absolute Gasteiger partial charge is 0.193 e. The minimum Gasteiger partial charge on any atom is -0.479 e. The molecule has 2 aliphatic heterocycles. The normalized spacial score (nSPS) is 20.2. The van der Waals surface area contributed by atoms with Gasteiger partial charge in [-0.3, -0.25) is 19.4 Å². The molecule has 2 aromatic rings. The van der Waals surface area contributed by atoms with Crippen molar-refractivity contribution < 1.29 is 19.1 Å². The molecule has 33 heavy (non-hydrogen) atoms. The lowest BCUT2D eigenvalue weighted by Crippen LogP contribution is -2.53. The molecule has 2 heterocycles. The number of carbonyl (C=O) groups excluding carboxylic acids is 2. The van der Waals surface area contributed by atoms with Gasteiger partial charge in [0.05, 0.1) is 13.2 Å². The van der Waals surface area contributed by atoms with Crippen molar-refractivity contribution in [1.29, 1.82) is 0 Å². The largest absolute Gasteiger partial charge is 0.479 e. The van der Waals surface area contributed by atoms with Crippen LogP contribution in [0.3, 0.4) is 0 Å². The minimum atomic E-state index is -0.951. The molecule has 4 rings (SSSR count). The molecular formula is C26H31ClN2O4. The van der Waals surface area contributed by atoms with Crippen LogP contribution in [-0.2, 0) is 9.53 Å². The highest BCUT2D eigenvalue weighted by Gasteiger charge is 2.32. The first-order valence-electron chi connectivity index (χ1n) is 11.6. The Kier molecular flexibility index (Phi) is 7.81. The highest BCUT2D eigenvalue weighted by Crippen LogP contribution is 2.24. The Bertz CT molecular complexity index is 936. The van der Waals surface area contributed by atoms with Gasteiger partial charge >= 0.3 is 0 Å². The third-order valence-corrected chi connectivity index (χ3v) is 6.73. The van der Waals surface area contributed by atoms with Gasteiger partial charge in [0.25, 0.3) is 0 Å². The molecule has 0 amide bonds. The van der Waals surface area contributed by atoms with E-state index in [1.807, 2.05) is 6.92 Å². The van der Waals surface area contributed by atoms with Gasteiger partial charge in [-0.15, -0.1) is 0 Å². The third-order valence-electron chi connectivity index (χ3n) is 6.48. The molecule has 0 saturated carbocycles. The second-order valence-electron chi connectivity index (χ2n) is 9.05. The number of benzene rings is 2. The number of piperidine rings is 1. The summed E-state index contributed by atoms with van der Waals surface area (Å²) in [5.41, 5.74) is 0.182. The average Bonchev–Trinajstić information content (AvgIpc) is 2.85.